The summed E-state index contributed by atoms with van der Waals surface area (Å²) < 4.78 is 39.3. The standard InChI is InChI=1S/C23H29F3N2O/c1-3-8-19-21(22(29)27-14-16-9-6-4-5-7-10-16)15(2)18-12-11-17(23(24,25)26)13-20(18)28-19/h11-13,16H,3-10,14H2,1-2H3,(H,27,29). The van der Waals surface area contributed by atoms with E-state index in [0.29, 0.717) is 46.6 Å². The second kappa shape index (κ2) is 9.14. The van der Waals surface area contributed by atoms with E-state index in [4.69, 9.17) is 0 Å². The molecule has 1 heterocycles. The summed E-state index contributed by atoms with van der Waals surface area (Å²) in [5.41, 5.74) is 1.37. The Morgan fingerprint density at radius 1 is 1.17 bits per heavy atom. The lowest BCUT2D eigenvalue weighted by molar-refractivity contribution is -0.137. The molecular weight excluding hydrogens is 377 g/mol. The minimum absolute atomic E-state index is 0.163. The number of nitrogens with one attached hydrogen (secondary N) is 1. The Balaban J connectivity index is 1.91. The molecule has 0 saturated heterocycles. The summed E-state index contributed by atoms with van der Waals surface area (Å²) in [5, 5.41) is 3.67. The molecule has 0 radical (unpaired) electrons. The van der Waals surface area contributed by atoms with E-state index in [0.717, 1.165) is 31.4 Å². The van der Waals surface area contributed by atoms with Crippen LogP contribution in [0.5, 0.6) is 0 Å². The van der Waals surface area contributed by atoms with Gasteiger partial charge in [0.1, 0.15) is 0 Å². The first kappa shape index (κ1) is 21.6. The zero-order valence-corrected chi connectivity index (χ0v) is 17.2. The minimum Gasteiger partial charge on any atom is -0.352 e. The molecule has 1 N–H and O–H groups in total. The molecule has 0 spiro atoms. The number of carbonyl (C=O) groups is 1. The predicted octanol–water partition coefficient (Wildman–Crippen LogP) is 6.21. The topological polar surface area (TPSA) is 42.0 Å². The molecule has 1 fully saturated rings. The van der Waals surface area contributed by atoms with Gasteiger partial charge in [-0.1, -0.05) is 45.1 Å². The molecule has 29 heavy (non-hydrogen) atoms. The normalized spacial score (nSPS) is 16.0. The smallest absolute Gasteiger partial charge is 0.352 e. The van der Waals surface area contributed by atoms with Crippen LogP contribution in [-0.2, 0) is 12.6 Å². The van der Waals surface area contributed by atoms with Gasteiger partial charge in [0, 0.05) is 11.9 Å². The maximum absolute atomic E-state index is 13.1. The number of benzene rings is 1. The molecule has 1 aromatic heterocycles. The van der Waals surface area contributed by atoms with Gasteiger partial charge in [0.15, 0.2) is 0 Å². The van der Waals surface area contributed by atoms with E-state index in [-0.39, 0.29) is 5.91 Å². The number of aromatic nitrogens is 1. The number of rotatable bonds is 5. The molecule has 158 valence electrons. The second-order valence-electron chi connectivity index (χ2n) is 8.11. The van der Waals surface area contributed by atoms with E-state index in [1.165, 1.54) is 31.7 Å². The second-order valence-corrected chi connectivity index (χ2v) is 8.11. The van der Waals surface area contributed by atoms with Crippen LogP contribution in [0.25, 0.3) is 10.9 Å². The number of amides is 1. The Morgan fingerprint density at radius 3 is 2.48 bits per heavy atom. The van der Waals surface area contributed by atoms with Crippen LogP contribution < -0.4 is 5.32 Å². The van der Waals surface area contributed by atoms with Crippen molar-refractivity contribution in [1.29, 1.82) is 0 Å². The van der Waals surface area contributed by atoms with Gasteiger partial charge in [0.05, 0.1) is 22.3 Å². The van der Waals surface area contributed by atoms with E-state index in [1.54, 1.807) is 6.92 Å². The van der Waals surface area contributed by atoms with Crippen LogP contribution in [0.3, 0.4) is 0 Å². The number of halogens is 3. The van der Waals surface area contributed by atoms with Crippen LogP contribution in [0.1, 0.15) is 79.0 Å². The lowest BCUT2D eigenvalue weighted by Crippen LogP contribution is -2.31. The maximum atomic E-state index is 13.1. The molecule has 1 amide bonds. The van der Waals surface area contributed by atoms with Crippen LogP contribution in [0.4, 0.5) is 13.2 Å². The quantitative estimate of drug-likeness (QED) is 0.600. The van der Waals surface area contributed by atoms with Crippen molar-refractivity contribution in [3.05, 3.63) is 40.6 Å². The Hall–Kier alpha value is -2.11. The van der Waals surface area contributed by atoms with Crippen LogP contribution in [0.2, 0.25) is 0 Å². The third kappa shape index (κ3) is 5.09. The summed E-state index contributed by atoms with van der Waals surface area (Å²) >= 11 is 0. The van der Waals surface area contributed by atoms with E-state index in [2.05, 4.69) is 10.3 Å². The molecule has 1 aliphatic rings. The number of hydrogen-bond donors (Lipinski definition) is 1. The fourth-order valence-corrected chi connectivity index (χ4v) is 4.28. The van der Waals surface area contributed by atoms with Crippen LogP contribution in [0, 0.1) is 12.8 Å². The Bertz CT molecular complexity index is 869. The van der Waals surface area contributed by atoms with Crippen molar-refractivity contribution < 1.29 is 18.0 Å². The molecule has 0 atom stereocenters. The third-order valence-corrected chi connectivity index (χ3v) is 5.89. The van der Waals surface area contributed by atoms with Crippen LogP contribution in [0.15, 0.2) is 18.2 Å². The van der Waals surface area contributed by atoms with Gasteiger partial charge < -0.3 is 5.32 Å². The first-order chi connectivity index (χ1) is 13.8. The highest BCUT2D eigenvalue weighted by Gasteiger charge is 2.31. The van der Waals surface area contributed by atoms with Gasteiger partial charge in [0.2, 0.25) is 0 Å². The Labute approximate surface area is 170 Å². The van der Waals surface area contributed by atoms with Gasteiger partial charge in [-0.2, -0.15) is 13.2 Å². The van der Waals surface area contributed by atoms with Gasteiger partial charge in [-0.3, -0.25) is 9.78 Å². The van der Waals surface area contributed by atoms with E-state index >= 15 is 0 Å². The Kier molecular flexibility index (Phi) is 6.81. The molecule has 1 aromatic carbocycles. The first-order valence-corrected chi connectivity index (χ1v) is 10.6. The van der Waals surface area contributed by atoms with Crippen LogP contribution >= 0.6 is 0 Å². The van der Waals surface area contributed by atoms with Gasteiger partial charge in [-0.05, 0) is 49.8 Å². The molecule has 6 heteroatoms. The SMILES string of the molecule is CCCc1nc2cc(C(F)(F)F)ccc2c(C)c1C(=O)NCC1CCCCCC1. The third-order valence-electron chi connectivity index (χ3n) is 5.89. The summed E-state index contributed by atoms with van der Waals surface area (Å²) in [6.07, 6.45) is 4.12. The molecule has 0 unspecified atom stereocenters. The van der Waals surface area contributed by atoms with Crippen LogP contribution in [-0.4, -0.2) is 17.4 Å². The van der Waals surface area contributed by atoms with Crippen molar-refractivity contribution in [2.75, 3.05) is 6.54 Å². The first-order valence-electron chi connectivity index (χ1n) is 10.6. The molecule has 1 aliphatic carbocycles. The zero-order chi connectivity index (χ0) is 21.0. The van der Waals surface area contributed by atoms with Crippen molar-refractivity contribution in [2.45, 2.75) is 71.4 Å². The highest BCUT2D eigenvalue weighted by molar-refractivity contribution is 6.01. The number of carbonyl (C=O) groups excluding carboxylic acids is 1. The molecule has 3 rings (SSSR count). The molecule has 2 aromatic rings. The lowest BCUT2D eigenvalue weighted by Gasteiger charge is -2.18. The van der Waals surface area contributed by atoms with Gasteiger partial charge >= 0.3 is 6.18 Å². The fourth-order valence-electron chi connectivity index (χ4n) is 4.28. The molecule has 1 saturated carbocycles. The number of hydrogen-bond acceptors (Lipinski definition) is 2. The summed E-state index contributed by atoms with van der Waals surface area (Å²) in [4.78, 5) is 17.5. The van der Waals surface area contributed by atoms with Gasteiger partial charge in [0.25, 0.3) is 5.91 Å². The largest absolute Gasteiger partial charge is 0.416 e. The summed E-state index contributed by atoms with van der Waals surface area (Å²) in [6, 6.07) is 3.57. The minimum atomic E-state index is -4.41. The highest BCUT2D eigenvalue weighted by Crippen LogP contribution is 2.33. The van der Waals surface area contributed by atoms with E-state index in [9.17, 15) is 18.0 Å². The maximum Gasteiger partial charge on any atom is 0.416 e. The van der Waals surface area contributed by atoms with E-state index in [1.807, 2.05) is 6.92 Å². The predicted molar refractivity (Wildman–Crippen MR) is 109 cm³/mol. The molecular formula is C23H29F3N2O. The number of pyridine rings is 1. The summed E-state index contributed by atoms with van der Waals surface area (Å²) in [7, 11) is 0. The molecule has 0 bridgehead atoms. The summed E-state index contributed by atoms with van der Waals surface area (Å²) in [5.74, 6) is 0.337. The number of aryl methyl sites for hydroxylation is 2. The number of nitrogens with zero attached hydrogens (tertiary/aromatic N) is 1. The van der Waals surface area contributed by atoms with Gasteiger partial charge in [-0.15, -0.1) is 0 Å². The van der Waals surface area contributed by atoms with Crippen molar-refractivity contribution >= 4 is 16.8 Å². The average Bonchev–Trinajstić information content (AvgIpc) is 2.94. The van der Waals surface area contributed by atoms with Crippen molar-refractivity contribution in [1.82, 2.24) is 10.3 Å². The Morgan fingerprint density at radius 2 is 1.86 bits per heavy atom. The molecule has 3 nitrogen and oxygen atoms in total. The summed E-state index contributed by atoms with van der Waals surface area (Å²) in [6.45, 7) is 4.42. The zero-order valence-electron chi connectivity index (χ0n) is 17.2. The monoisotopic (exact) mass is 406 g/mol. The van der Waals surface area contributed by atoms with Crippen molar-refractivity contribution in [2.24, 2.45) is 5.92 Å². The van der Waals surface area contributed by atoms with Crippen molar-refractivity contribution in [3.63, 3.8) is 0 Å². The highest BCUT2D eigenvalue weighted by atomic mass is 19.4. The lowest BCUT2D eigenvalue weighted by atomic mass is 9.96. The molecule has 0 aliphatic heterocycles. The van der Waals surface area contributed by atoms with Crippen molar-refractivity contribution in [3.8, 4) is 0 Å². The number of alkyl halides is 3. The average molecular weight is 406 g/mol. The van der Waals surface area contributed by atoms with Gasteiger partial charge in [-0.25, -0.2) is 0 Å². The van der Waals surface area contributed by atoms with E-state index < -0.39 is 11.7 Å². The number of fused-ring (bicyclic) bond motifs is 1. The fraction of sp³-hybridized carbons (Fsp3) is 0.565.